The van der Waals surface area contributed by atoms with Crippen LogP contribution in [0.4, 0.5) is 0 Å². The first-order valence-corrected chi connectivity index (χ1v) is 9.06. The smallest absolute Gasteiger partial charge is 0.119 e. The first-order chi connectivity index (χ1) is 12.2. The standard InChI is InChI=1S/C21H26N2O2/c1-24-18-6-5-16-12-21(20(25-2)19(16)11-18)7-9-23-17(13-21)10-15-4-3-8-22-14-15/h3-6,8,11,14,17,20,23H,7,9-10,12-13H2,1-2H3. The van der Waals surface area contributed by atoms with Crippen molar-refractivity contribution in [3.63, 3.8) is 0 Å². The van der Waals surface area contributed by atoms with E-state index in [1.165, 1.54) is 16.7 Å². The average Bonchev–Trinajstić information content (AvgIpc) is 2.93. The van der Waals surface area contributed by atoms with Gasteiger partial charge in [0.15, 0.2) is 0 Å². The fourth-order valence-corrected chi connectivity index (χ4v) is 4.82. The second-order valence-corrected chi connectivity index (χ2v) is 7.39. The molecule has 2 heterocycles. The van der Waals surface area contributed by atoms with Gasteiger partial charge < -0.3 is 14.8 Å². The van der Waals surface area contributed by atoms with Gasteiger partial charge in [0.2, 0.25) is 0 Å². The number of piperidine rings is 1. The minimum atomic E-state index is 0.149. The van der Waals surface area contributed by atoms with Crippen molar-refractivity contribution in [3.8, 4) is 5.75 Å². The summed E-state index contributed by atoms with van der Waals surface area (Å²) in [6.07, 6.45) is 8.34. The number of pyridine rings is 1. The van der Waals surface area contributed by atoms with E-state index in [0.717, 1.165) is 38.0 Å². The summed E-state index contributed by atoms with van der Waals surface area (Å²) < 4.78 is 11.5. The van der Waals surface area contributed by atoms with Gasteiger partial charge in [-0.05, 0) is 67.1 Å². The molecule has 1 spiro atoms. The molecule has 0 saturated carbocycles. The van der Waals surface area contributed by atoms with Crippen LogP contribution < -0.4 is 10.1 Å². The van der Waals surface area contributed by atoms with Gasteiger partial charge >= 0.3 is 0 Å². The first-order valence-electron chi connectivity index (χ1n) is 9.06. The number of methoxy groups -OCH3 is 2. The lowest BCUT2D eigenvalue weighted by atomic mass is 9.71. The van der Waals surface area contributed by atoms with Crippen molar-refractivity contribution in [2.75, 3.05) is 20.8 Å². The Hall–Kier alpha value is -1.91. The van der Waals surface area contributed by atoms with Crippen molar-refractivity contribution in [3.05, 3.63) is 59.4 Å². The number of nitrogens with one attached hydrogen (secondary N) is 1. The molecule has 4 nitrogen and oxygen atoms in total. The molecule has 25 heavy (non-hydrogen) atoms. The molecule has 0 bridgehead atoms. The Labute approximate surface area is 149 Å². The van der Waals surface area contributed by atoms with Crippen LogP contribution in [0.2, 0.25) is 0 Å². The second-order valence-electron chi connectivity index (χ2n) is 7.39. The Morgan fingerprint density at radius 2 is 2.20 bits per heavy atom. The molecule has 4 heteroatoms. The number of ether oxygens (including phenoxy) is 2. The van der Waals surface area contributed by atoms with Gasteiger partial charge in [-0.15, -0.1) is 0 Å². The van der Waals surface area contributed by atoms with Crippen LogP contribution in [0.1, 0.15) is 35.6 Å². The number of nitrogens with zero attached hydrogens (tertiary/aromatic N) is 1. The van der Waals surface area contributed by atoms with Crippen molar-refractivity contribution >= 4 is 0 Å². The van der Waals surface area contributed by atoms with Gasteiger partial charge in [-0.1, -0.05) is 12.1 Å². The molecular formula is C21H26N2O2. The van der Waals surface area contributed by atoms with Gasteiger partial charge in [-0.25, -0.2) is 0 Å². The SMILES string of the molecule is COc1ccc2c(c1)C(OC)C1(CCNC(Cc3cccnc3)C1)C2. The summed E-state index contributed by atoms with van der Waals surface area (Å²) in [6, 6.07) is 11.1. The largest absolute Gasteiger partial charge is 0.497 e. The lowest BCUT2D eigenvalue weighted by Crippen LogP contribution is -2.47. The fourth-order valence-electron chi connectivity index (χ4n) is 4.82. The Balaban J connectivity index is 1.58. The van der Waals surface area contributed by atoms with Gasteiger partial charge in [0.1, 0.15) is 5.75 Å². The topological polar surface area (TPSA) is 43.4 Å². The second kappa shape index (κ2) is 6.77. The first kappa shape index (κ1) is 16.6. The summed E-state index contributed by atoms with van der Waals surface area (Å²) in [7, 11) is 3.57. The molecule has 1 aliphatic carbocycles. The molecule has 1 aromatic heterocycles. The summed E-state index contributed by atoms with van der Waals surface area (Å²) in [5.74, 6) is 0.915. The highest BCUT2D eigenvalue weighted by Gasteiger charge is 2.49. The number of hydrogen-bond donors (Lipinski definition) is 1. The van der Waals surface area contributed by atoms with E-state index in [1.54, 1.807) is 7.11 Å². The lowest BCUT2D eigenvalue weighted by molar-refractivity contribution is -0.0290. The predicted molar refractivity (Wildman–Crippen MR) is 97.8 cm³/mol. The molecule has 1 N–H and O–H groups in total. The third kappa shape index (κ3) is 3.05. The zero-order valence-corrected chi connectivity index (χ0v) is 15.0. The Morgan fingerprint density at radius 1 is 1.28 bits per heavy atom. The maximum Gasteiger partial charge on any atom is 0.119 e. The number of aromatic nitrogens is 1. The van der Waals surface area contributed by atoms with E-state index < -0.39 is 0 Å². The zero-order valence-electron chi connectivity index (χ0n) is 15.0. The molecule has 3 atom stereocenters. The highest BCUT2D eigenvalue weighted by atomic mass is 16.5. The monoisotopic (exact) mass is 338 g/mol. The molecule has 4 rings (SSSR count). The van der Waals surface area contributed by atoms with E-state index >= 15 is 0 Å². The van der Waals surface area contributed by atoms with Gasteiger partial charge in [-0.2, -0.15) is 0 Å². The molecule has 2 aromatic rings. The van der Waals surface area contributed by atoms with E-state index in [9.17, 15) is 0 Å². The molecule has 0 amide bonds. The number of hydrogen-bond acceptors (Lipinski definition) is 4. The molecule has 3 unspecified atom stereocenters. The Morgan fingerprint density at radius 3 is 2.96 bits per heavy atom. The van der Waals surface area contributed by atoms with Crippen LogP contribution in [0.3, 0.4) is 0 Å². The highest BCUT2D eigenvalue weighted by Crippen LogP contribution is 2.54. The van der Waals surface area contributed by atoms with Crippen LogP contribution in [0.25, 0.3) is 0 Å². The van der Waals surface area contributed by atoms with Crippen molar-refractivity contribution in [2.24, 2.45) is 5.41 Å². The van der Waals surface area contributed by atoms with Crippen molar-refractivity contribution in [1.29, 1.82) is 0 Å². The van der Waals surface area contributed by atoms with Crippen molar-refractivity contribution in [1.82, 2.24) is 10.3 Å². The molecule has 1 fully saturated rings. The van der Waals surface area contributed by atoms with Crippen LogP contribution in [-0.4, -0.2) is 31.8 Å². The fraction of sp³-hybridized carbons (Fsp3) is 0.476. The molecule has 1 aliphatic heterocycles. The minimum absolute atomic E-state index is 0.149. The van der Waals surface area contributed by atoms with E-state index in [0.29, 0.717) is 6.04 Å². The van der Waals surface area contributed by atoms with Gasteiger partial charge in [0, 0.05) is 31.0 Å². The summed E-state index contributed by atoms with van der Waals surface area (Å²) >= 11 is 0. The molecule has 0 radical (unpaired) electrons. The van der Waals surface area contributed by atoms with E-state index in [-0.39, 0.29) is 11.5 Å². The van der Waals surface area contributed by atoms with Crippen LogP contribution >= 0.6 is 0 Å². The van der Waals surface area contributed by atoms with Crippen LogP contribution in [-0.2, 0) is 17.6 Å². The van der Waals surface area contributed by atoms with Crippen molar-refractivity contribution < 1.29 is 9.47 Å². The lowest BCUT2D eigenvalue weighted by Gasteiger charge is -2.42. The van der Waals surface area contributed by atoms with Crippen LogP contribution in [0.15, 0.2) is 42.7 Å². The normalized spacial score (nSPS) is 28.1. The summed E-state index contributed by atoms with van der Waals surface area (Å²) in [4.78, 5) is 4.26. The van der Waals surface area contributed by atoms with Crippen LogP contribution in [0.5, 0.6) is 5.75 Å². The molecule has 2 aliphatic rings. The van der Waals surface area contributed by atoms with E-state index in [2.05, 4.69) is 34.6 Å². The van der Waals surface area contributed by atoms with E-state index in [1.807, 2.05) is 25.6 Å². The third-order valence-corrected chi connectivity index (χ3v) is 5.88. The van der Waals surface area contributed by atoms with Crippen molar-refractivity contribution in [2.45, 2.75) is 37.8 Å². The Bertz CT molecular complexity index is 734. The zero-order chi connectivity index (χ0) is 17.3. The van der Waals surface area contributed by atoms with Gasteiger partial charge in [-0.3, -0.25) is 4.98 Å². The third-order valence-electron chi connectivity index (χ3n) is 5.88. The number of rotatable bonds is 4. The van der Waals surface area contributed by atoms with Gasteiger partial charge in [0.05, 0.1) is 13.2 Å². The maximum atomic E-state index is 6.03. The Kier molecular flexibility index (Phi) is 4.48. The molecule has 1 saturated heterocycles. The summed E-state index contributed by atoms with van der Waals surface area (Å²) in [5.41, 5.74) is 4.20. The molecule has 132 valence electrons. The quantitative estimate of drug-likeness (QED) is 0.929. The van der Waals surface area contributed by atoms with Gasteiger partial charge in [0.25, 0.3) is 0 Å². The highest BCUT2D eigenvalue weighted by molar-refractivity contribution is 5.43. The number of fused-ring (bicyclic) bond motifs is 1. The van der Waals surface area contributed by atoms with E-state index in [4.69, 9.17) is 9.47 Å². The molecule has 1 aromatic carbocycles. The maximum absolute atomic E-state index is 6.03. The summed E-state index contributed by atoms with van der Waals surface area (Å²) in [5, 5.41) is 3.70. The average molecular weight is 338 g/mol. The number of benzene rings is 1. The minimum Gasteiger partial charge on any atom is -0.497 e. The summed E-state index contributed by atoms with van der Waals surface area (Å²) in [6.45, 7) is 1.04. The molecular weight excluding hydrogens is 312 g/mol. The van der Waals surface area contributed by atoms with Crippen LogP contribution in [0, 0.1) is 5.41 Å². The predicted octanol–water partition coefficient (Wildman–Crippen LogP) is 3.31.